The average Bonchev–Trinajstić information content (AvgIpc) is 3.25. The van der Waals surface area contributed by atoms with Crippen molar-refractivity contribution in [1.82, 2.24) is 20.4 Å². The van der Waals surface area contributed by atoms with Gasteiger partial charge in [0.05, 0.1) is 10.7 Å². The first-order chi connectivity index (χ1) is 11.7. The molecule has 1 fully saturated rings. The first-order valence-electron chi connectivity index (χ1n) is 7.85. The Kier molecular flexibility index (Phi) is 4.12. The molecule has 2 aromatic heterocycles. The molecule has 6 nitrogen and oxygen atoms in total. The lowest BCUT2D eigenvalue weighted by molar-refractivity contribution is 0.494. The highest BCUT2D eigenvalue weighted by Gasteiger charge is 2.24. The lowest BCUT2D eigenvalue weighted by atomic mass is 9.93. The summed E-state index contributed by atoms with van der Waals surface area (Å²) >= 11 is 7.70. The topological polar surface area (TPSA) is 83.7 Å². The fourth-order valence-electron chi connectivity index (χ4n) is 3.09. The molecule has 1 saturated heterocycles. The van der Waals surface area contributed by atoms with Crippen LogP contribution >= 0.6 is 22.9 Å². The Morgan fingerprint density at radius 2 is 2.00 bits per heavy atom. The van der Waals surface area contributed by atoms with Gasteiger partial charge >= 0.3 is 0 Å². The third-order valence-electron chi connectivity index (χ3n) is 4.38. The first-order valence-corrected chi connectivity index (χ1v) is 9.04. The summed E-state index contributed by atoms with van der Waals surface area (Å²) in [6, 6.07) is 9.89. The van der Waals surface area contributed by atoms with E-state index in [1.807, 2.05) is 24.3 Å². The van der Waals surface area contributed by atoms with E-state index in [1.54, 1.807) is 0 Å². The molecule has 0 atom stereocenters. The molecule has 0 bridgehead atoms. The van der Waals surface area contributed by atoms with Crippen LogP contribution in [0.25, 0.3) is 11.3 Å². The molecular weight excluding hydrogens is 344 g/mol. The van der Waals surface area contributed by atoms with E-state index in [9.17, 15) is 0 Å². The van der Waals surface area contributed by atoms with Crippen molar-refractivity contribution in [2.45, 2.75) is 18.8 Å². The molecule has 4 rings (SSSR count). The van der Waals surface area contributed by atoms with Crippen molar-refractivity contribution in [3.05, 3.63) is 41.0 Å². The van der Waals surface area contributed by atoms with Gasteiger partial charge in [0.1, 0.15) is 0 Å². The summed E-state index contributed by atoms with van der Waals surface area (Å²) in [7, 11) is 0. The molecule has 24 heavy (non-hydrogen) atoms. The first kappa shape index (κ1) is 15.4. The molecule has 8 heteroatoms. The Balaban J connectivity index is 1.46. The summed E-state index contributed by atoms with van der Waals surface area (Å²) in [5.74, 6) is 0.468. The number of nitrogens with zero attached hydrogens (tertiary/aromatic N) is 4. The minimum atomic E-state index is 0.468. The average molecular weight is 361 g/mol. The number of hydrogen-bond donors (Lipinski definition) is 2. The van der Waals surface area contributed by atoms with Crippen LogP contribution in [0.3, 0.4) is 0 Å². The lowest BCUT2D eigenvalue weighted by Crippen LogP contribution is -2.32. The van der Waals surface area contributed by atoms with Gasteiger partial charge in [-0.1, -0.05) is 41.1 Å². The van der Waals surface area contributed by atoms with E-state index in [4.69, 9.17) is 17.3 Å². The molecule has 1 aromatic carbocycles. The minimum absolute atomic E-state index is 0.468. The number of rotatable bonds is 3. The number of piperidine rings is 1. The van der Waals surface area contributed by atoms with E-state index in [0.29, 0.717) is 11.0 Å². The number of benzene rings is 1. The van der Waals surface area contributed by atoms with Gasteiger partial charge in [-0.05, 0) is 25.0 Å². The second-order valence-corrected chi connectivity index (χ2v) is 7.27. The largest absolute Gasteiger partial charge is 0.374 e. The van der Waals surface area contributed by atoms with Gasteiger partial charge in [0.2, 0.25) is 10.3 Å². The fourth-order valence-corrected chi connectivity index (χ4v) is 3.98. The highest BCUT2D eigenvalue weighted by Crippen LogP contribution is 2.33. The van der Waals surface area contributed by atoms with E-state index in [-0.39, 0.29) is 0 Å². The molecular formula is C16H17ClN6S. The van der Waals surface area contributed by atoms with E-state index in [1.165, 1.54) is 17.0 Å². The Bertz CT molecular complexity index is 836. The standard InChI is InChI=1S/C16H17ClN6S/c17-12-4-2-1-3-11(12)14-9-13(19-20-14)10-5-7-23(8-6-10)16-22-21-15(18)24-16/h1-4,9-10H,5-8H2,(H2,18,21)(H,19,20). The van der Waals surface area contributed by atoms with Crippen LogP contribution in [0.5, 0.6) is 0 Å². The van der Waals surface area contributed by atoms with Crippen molar-refractivity contribution in [3.8, 4) is 11.3 Å². The maximum atomic E-state index is 6.26. The Morgan fingerprint density at radius 1 is 1.21 bits per heavy atom. The van der Waals surface area contributed by atoms with Gasteiger partial charge in [-0.3, -0.25) is 5.10 Å². The van der Waals surface area contributed by atoms with Crippen LogP contribution in [0.4, 0.5) is 10.3 Å². The summed E-state index contributed by atoms with van der Waals surface area (Å²) in [4.78, 5) is 2.25. The van der Waals surface area contributed by atoms with E-state index in [2.05, 4.69) is 31.4 Å². The van der Waals surface area contributed by atoms with Crippen LogP contribution in [0.2, 0.25) is 5.02 Å². The minimum Gasteiger partial charge on any atom is -0.374 e. The van der Waals surface area contributed by atoms with Crippen LogP contribution in [0.15, 0.2) is 30.3 Å². The number of nitrogens with one attached hydrogen (secondary N) is 1. The maximum Gasteiger partial charge on any atom is 0.209 e. The number of aromatic amines is 1. The molecule has 0 amide bonds. The quantitative estimate of drug-likeness (QED) is 0.746. The van der Waals surface area contributed by atoms with Crippen LogP contribution in [0, 0.1) is 0 Å². The van der Waals surface area contributed by atoms with Gasteiger partial charge < -0.3 is 10.6 Å². The van der Waals surface area contributed by atoms with Crippen molar-refractivity contribution in [2.75, 3.05) is 23.7 Å². The third-order valence-corrected chi connectivity index (χ3v) is 5.53. The smallest absolute Gasteiger partial charge is 0.209 e. The van der Waals surface area contributed by atoms with Crippen LogP contribution in [-0.4, -0.2) is 33.5 Å². The summed E-state index contributed by atoms with van der Waals surface area (Å²) in [5.41, 5.74) is 8.70. The van der Waals surface area contributed by atoms with Crippen molar-refractivity contribution in [2.24, 2.45) is 0 Å². The lowest BCUT2D eigenvalue weighted by Gasteiger charge is -2.30. The Morgan fingerprint density at radius 3 is 2.71 bits per heavy atom. The highest BCUT2D eigenvalue weighted by molar-refractivity contribution is 7.18. The molecule has 3 aromatic rings. The number of nitrogens with two attached hydrogens (primary N) is 1. The zero-order valence-corrected chi connectivity index (χ0v) is 14.5. The predicted octanol–water partition coefficient (Wildman–Crippen LogP) is 3.55. The monoisotopic (exact) mass is 360 g/mol. The van der Waals surface area contributed by atoms with Crippen molar-refractivity contribution < 1.29 is 0 Å². The molecule has 0 spiro atoms. The molecule has 1 aliphatic heterocycles. The number of hydrogen-bond acceptors (Lipinski definition) is 6. The predicted molar refractivity (Wildman–Crippen MR) is 97.5 cm³/mol. The molecule has 1 aliphatic rings. The molecule has 0 unspecified atom stereocenters. The normalized spacial score (nSPS) is 15.8. The van der Waals surface area contributed by atoms with Gasteiger partial charge in [-0.15, -0.1) is 10.2 Å². The molecule has 3 N–H and O–H groups in total. The van der Waals surface area contributed by atoms with Gasteiger partial charge in [-0.2, -0.15) is 5.10 Å². The maximum absolute atomic E-state index is 6.26. The van der Waals surface area contributed by atoms with Crippen LogP contribution in [0.1, 0.15) is 24.5 Å². The Labute approximate surface area is 148 Å². The number of anilines is 2. The molecule has 0 aliphatic carbocycles. The summed E-state index contributed by atoms with van der Waals surface area (Å²) in [6.07, 6.45) is 2.09. The van der Waals surface area contributed by atoms with Crippen molar-refractivity contribution in [1.29, 1.82) is 0 Å². The van der Waals surface area contributed by atoms with Crippen molar-refractivity contribution in [3.63, 3.8) is 0 Å². The zero-order chi connectivity index (χ0) is 16.5. The number of halogens is 1. The number of nitrogen functional groups attached to an aromatic ring is 1. The summed E-state index contributed by atoms with van der Waals surface area (Å²) < 4.78 is 0. The summed E-state index contributed by atoms with van der Waals surface area (Å²) in [6.45, 7) is 1.89. The molecule has 3 heterocycles. The molecule has 0 saturated carbocycles. The number of H-pyrrole nitrogens is 1. The SMILES string of the molecule is Nc1nnc(N2CCC(c3cc(-c4ccccc4Cl)n[nH]3)CC2)s1. The van der Waals surface area contributed by atoms with Gasteiger partial charge in [0.25, 0.3) is 0 Å². The third kappa shape index (κ3) is 2.97. The Hall–Kier alpha value is -2.12. The van der Waals surface area contributed by atoms with Gasteiger partial charge in [0, 0.05) is 30.3 Å². The number of aromatic nitrogens is 4. The van der Waals surface area contributed by atoms with Crippen LogP contribution in [-0.2, 0) is 0 Å². The summed E-state index contributed by atoms with van der Waals surface area (Å²) in [5, 5.41) is 17.8. The second-order valence-electron chi connectivity index (χ2n) is 5.87. The van der Waals surface area contributed by atoms with Gasteiger partial charge in [-0.25, -0.2) is 0 Å². The van der Waals surface area contributed by atoms with E-state index in [0.717, 1.165) is 47.3 Å². The van der Waals surface area contributed by atoms with Crippen LogP contribution < -0.4 is 10.6 Å². The van der Waals surface area contributed by atoms with Crippen molar-refractivity contribution >= 4 is 33.2 Å². The van der Waals surface area contributed by atoms with E-state index < -0.39 is 0 Å². The molecule has 0 radical (unpaired) electrons. The fraction of sp³-hybridized carbons (Fsp3) is 0.312. The second kappa shape index (κ2) is 6.41. The zero-order valence-electron chi connectivity index (χ0n) is 12.9. The van der Waals surface area contributed by atoms with Gasteiger partial charge in [0.15, 0.2) is 0 Å². The molecule has 124 valence electrons. The highest BCUT2D eigenvalue weighted by atomic mass is 35.5. The van der Waals surface area contributed by atoms with E-state index >= 15 is 0 Å².